The van der Waals surface area contributed by atoms with Crippen LogP contribution in [0, 0.1) is 0 Å². The van der Waals surface area contributed by atoms with Crippen LogP contribution in [0.15, 0.2) is 48.5 Å². The van der Waals surface area contributed by atoms with Crippen molar-refractivity contribution in [3.05, 3.63) is 65.2 Å². The molecule has 2 aromatic rings. The van der Waals surface area contributed by atoms with Gasteiger partial charge in [0.15, 0.2) is 0 Å². The van der Waals surface area contributed by atoms with Crippen LogP contribution in [0.4, 0.5) is 0 Å². The van der Waals surface area contributed by atoms with E-state index in [2.05, 4.69) is 6.92 Å². The molecule has 0 saturated carbocycles. The fourth-order valence-corrected chi connectivity index (χ4v) is 2.55. The molecule has 118 valence electrons. The van der Waals surface area contributed by atoms with Gasteiger partial charge in [0.05, 0.1) is 12.2 Å². The summed E-state index contributed by atoms with van der Waals surface area (Å²) < 4.78 is 11.0. The molecule has 1 aliphatic rings. The average molecular weight is 308 g/mol. The van der Waals surface area contributed by atoms with Crippen LogP contribution >= 0.6 is 0 Å². The Bertz CT molecular complexity index is 714. The maximum absolute atomic E-state index is 11.8. The predicted molar refractivity (Wildman–Crippen MR) is 91.2 cm³/mol. The molecule has 3 heteroatoms. The van der Waals surface area contributed by atoms with E-state index in [1.807, 2.05) is 48.5 Å². The third-order valence-corrected chi connectivity index (χ3v) is 3.81. The number of benzene rings is 2. The summed E-state index contributed by atoms with van der Waals surface area (Å²) in [5.74, 6) is 1.18. The lowest BCUT2D eigenvalue weighted by Crippen LogP contribution is -1.96. The molecule has 3 nitrogen and oxygen atoms in total. The molecule has 3 rings (SSSR count). The first-order valence-corrected chi connectivity index (χ1v) is 8.04. The quantitative estimate of drug-likeness (QED) is 0.561. The van der Waals surface area contributed by atoms with E-state index in [0.717, 1.165) is 29.9 Å². The topological polar surface area (TPSA) is 35.5 Å². The highest BCUT2D eigenvalue weighted by molar-refractivity contribution is 6.05. The number of cyclic esters (lactones) is 1. The number of hydrogen-bond acceptors (Lipinski definition) is 3. The number of carbonyl (C=O) groups is 1. The van der Waals surface area contributed by atoms with Crippen molar-refractivity contribution >= 4 is 17.8 Å². The first kappa shape index (κ1) is 15.3. The molecule has 0 fully saturated rings. The second kappa shape index (κ2) is 7.14. The number of esters is 1. The summed E-state index contributed by atoms with van der Waals surface area (Å²) in [6.45, 7) is 2.93. The average Bonchev–Trinajstić information content (AvgIpc) is 2.90. The Hall–Kier alpha value is -2.55. The van der Waals surface area contributed by atoms with Crippen LogP contribution in [0.3, 0.4) is 0 Å². The second-order valence-electron chi connectivity index (χ2n) is 5.57. The standard InChI is InChI=1S/C20H20O3/c1-2-3-6-13-22-16-11-9-15(10-12-16)14-19-17-7-4-5-8-18(17)20(21)23-19/h4-5,7-12,14H,2-3,6,13H2,1H3. The molecule has 1 aliphatic heterocycles. The molecule has 23 heavy (non-hydrogen) atoms. The van der Waals surface area contributed by atoms with Gasteiger partial charge in [-0.2, -0.15) is 0 Å². The van der Waals surface area contributed by atoms with Gasteiger partial charge in [0, 0.05) is 5.56 Å². The van der Waals surface area contributed by atoms with Crippen LogP contribution in [0.5, 0.6) is 5.75 Å². The fourth-order valence-electron chi connectivity index (χ4n) is 2.55. The third kappa shape index (κ3) is 3.62. The summed E-state index contributed by atoms with van der Waals surface area (Å²) in [6, 6.07) is 15.3. The molecule has 0 radical (unpaired) electrons. The van der Waals surface area contributed by atoms with Crippen molar-refractivity contribution in [1.82, 2.24) is 0 Å². The molecule has 0 unspecified atom stereocenters. The zero-order valence-electron chi connectivity index (χ0n) is 13.2. The zero-order valence-corrected chi connectivity index (χ0v) is 13.2. The van der Waals surface area contributed by atoms with Gasteiger partial charge in [0.2, 0.25) is 0 Å². The van der Waals surface area contributed by atoms with Gasteiger partial charge in [0.1, 0.15) is 11.5 Å². The van der Waals surface area contributed by atoms with Gasteiger partial charge < -0.3 is 9.47 Å². The molecule has 0 spiro atoms. The third-order valence-electron chi connectivity index (χ3n) is 3.81. The number of fused-ring (bicyclic) bond motifs is 1. The number of unbranched alkanes of at least 4 members (excludes halogenated alkanes) is 2. The van der Waals surface area contributed by atoms with E-state index in [1.54, 1.807) is 6.07 Å². The summed E-state index contributed by atoms with van der Waals surface area (Å²) in [5, 5.41) is 0. The SMILES string of the molecule is CCCCCOc1ccc(C=C2OC(=O)c3ccccc32)cc1. The molecule has 0 aromatic heterocycles. The number of rotatable bonds is 6. The van der Waals surface area contributed by atoms with Crippen LogP contribution < -0.4 is 4.74 Å². The predicted octanol–water partition coefficient (Wildman–Crippen LogP) is 4.92. The summed E-state index contributed by atoms with van der Waals surface area (Å²) in [6.07, 6.45) is 5.34. The maximum Gasteiger partial charge on any atom is 0.344 e. The minimum atomic E-state index is -0.289. The minimum absolute atomic E-state index is 0.289. The summed E-state index contributed by atoms with van der Waals surface area (Å²) in [7, 11) is 0. The van der Waals surface area contributed by atoms with E-state index in [1.165, 1.54) is 12.8 Å². The molecule has 2 aromatic carbocycles. The van der Waals surface area contributed by atoms with Crippen LogP contribution in [-0.2, 0) is 4.74 Å². The summed E-state index contributed by atoms with van der Waals surface area (Å²) in [5.41, 5.74) is 2.44. The largest absolute Gasteiger partial charge is 0.494 e. The van der Waals surface area contributed by atoms with Crippen molar-refractivity contribution in [3.63, 3.8) is 0 Å². The summed E-state index contributed by atoms with van der Waals surface area (Å²) >= 11 is 0. The monoisotopic (exact) mass is 308 g/mol. The Morgan fingerprint density at radius 3 is 2.48 bits per heavy atom. The van der Waals surface area contributed by atoms with E-state index >= 15 is 0 Å². The zero-order chi connectivity index (χ0) is 16.1. The van der Waals surface area contributed by atoms with Crippen molar-refractivity contribution in [2.45, 2.75) is 26.2 Å². The van der Waals surface area contributed by atoms with Gasteiger partial charge in [0.25, 0.3) is 0 Å². The highest BCUT2D eigenvalue weighted by atomic mass is 16.5. The molecule has 0 saturated heterocycles. The molecule has 0 N–H and O–H groups in total. The highest BCUT2D eigenvalue weighted by Crippen LogP contribution is 2.31. The van der Waals surface area contributed by atoms with Crippen molar-refractivity contribution in [2.75, 3.05) is 6.61 Å². The fraction of sp³-hybridized carbons (Fsp3) is 0.250. The van der Waals surface area contributed by atoms with Gasteiger partial charge in [-0.3, -0.25) is 0 Å². The van der Waals surface area contributed by atoms with E-state index in [9.17, 15) is 4.79 Å². The van der Waals surface area contributed by atoms with Crippen molar-refractivity contribution < 1.29 is 14.3 Å². The molecule has 1 heterocycles. The number of carbonyl (C=O) groups excluding carboxylic acids is 1. The molecular formula is C20H20O3. The Labute approximate surface area is 136 Å². The van der Waals surface area contributed by atoms with Crippen LogP contribution in [0.1, 0.15) is 47.7 Å². The summed E-state index contributed by atoms with van der Waals surface area (Å²) in [4.78, 5) is 11.8. The van der Waals surface area contributed by atoms with Crippen molar-refractivity contribution in [2.24, 2.45) is 0 Å². The van der Waals surface area contributed by atoms with Gasteiger partial charge in [-0.05, 0) is 36.3 Å². The molecule has 0 bridgehead atoms. The van der Waals surface area contributed by atoms with Gasteiger partial charge in [-0.15, -0.1) is 0 Å². The highest BCUT2D eigenvalue weighted by Gasteiger charge is 2.25. The lowest BCUT2D eigenvalue weighted by Gasteiger charge is -2.06. The minimum Gasteiger partial charge on any atom is -0.494 e. The Kier molecular flexibility index (Phi) is 4.77. The van der Waals surface area contributed by atoms with Crippen molar-refractivity contribution in [3.8, 4) is 5.75 Å². The van der Waals surface area contributed by atoms with Crippen LogP contribution in [0.25, 0.3) is 11.8 Å². The smallest absolute Gasteiger partial charge is 0.344 e. The van der Waals surface area contributed by atoms with E-state index < -0.39 is 0 Å². The first-order chi connectivity index (χ1) is 11.3. The van der Waals surface area contributed by atoms with Gasteiger partial charge in [-0.1, -0.05) is 50.1 Å². The lowest BCUT2D eigenvalue weighted by molar-refractivity contribution is 0.0717. The number of ether oxygens (including phenoxy) is 2. The second-order valence-corrected chi connectivity index (χ2v) is 5.57. The van der Waals surface area contributed by atoms with Crippen LogP contribution in [-0.4, -0.2) is 12.6 Å². The van der Waals surface area contributed by atoms with E-state index in [0.29, 0.717) is 11.3 Å². The molecule has 0 amide bonds. The number of hydrogen-bond donors (Lipinski definition) is 0. The molecule has 0 atom stereocenters. The van der Waals surface area contributed by atoms with E-state index in [4.69, 9.17) is 9.47 Å². The van der Waals surface area contributed by atoms with E-state index in [-0.39, 0.29) is 5.97 Å². The maximum atomic E-state index is 11.8. The van der Waals surface area contributed by atoms with Crippen LogP contribution in [0.2, 0.25) is 0 Å². The molecular weight excluding hydrogens is 288 g/mol. The van der Waals surface area contributed by atoms with Gasteiger partial charge >= 0.3 is 5.97 Å². The Morgan fingerprint density at radius 2 is 1.74 bits per heavy atom. The normalized spacial score (nSPS) is 14.7. The first-order valence-electron chi connectivity index (χ1n) is 8.04. The van der Waals surface area contributed by atoms with Gasteiger partial charge in [-0.25, -0.2) is 4.79 Å². The van der Waals surface area contributed by atoms with Crippen molar-refractivity contribution in [1.29, 1.82) is 0 Å². The Balaban J connectivity index is 1.70. The molecule has 0 aliphatic carbocycles. The lowest BCUT2D eigenvalue weighted by atomic mass is 10.1. The Morgan fingerprint density at radius 1 is 1.00 bits per heavy atom.